The number of hydrogen-bond acceptors (Lipinski definition) is 2. The second kappa shape index (κ2) is 4.63. The molecule has 1 heterocycles. The number of Topliss-reactive ketones (excluding diaryl/α,β-unsaturated/α-hetero) is 1. The Labute approximate surface area is 116 Å². The van der Waals surface area contributed by atoms with Crippen LogP contribution in [0, 0.1) is 0 Å². The van der Waals surface area contributed by atoms with Gasteiger partial charge in [0.25, 0.3) is 0 Å². The number of rotatable bonds is 1. The highest BCUT2D eigenvalue weighted by Crippen LogP contribution is 2.31. The maximum Gasteiger partial charge on any atom is 0.160 e. The third-order valence-electron chi connectivity index (χ3n) is 3.32. The van der Waals surface area contributed by atoms with Gasteiger partial charge >= 0.3 is 0 Å². The number of aromatic nitrogens is 1. The van der Waals surface area contributed by atoms with Gasteiger partial charge in [-0.05, 0) is 47.9 Å². The smallest absolute Gasteiger partial charge is 0.160 e. The molecule has 0 fully saturated rings. The lowest BCUT2D eigenvalue weighted by Crippen LogP contribution is -1.99. The van der Waals surface area contributed by atoms with Gasteiger partial charge in [-0.2, -0.15) is 0 Å². The highest BCUT2D eigenvalue weighted by molar-refractivity contribution is 6.31. The predicted molar refractivity (Wildman–Crippen MR) is 77.0 cm³/mol. The van der Waals surface area contributed by atoms with E-state index < -0.39 is 0 Å². The van der Waals surface area contributed by atoms with Crippen molar-refractivity contribution in [2.24, 2.45) is 0 Å². The van der Waals surface area contributed by atoms with Crippen molar-refractivity contribution in [3.8, 4) is 0 Å². The molecule has 94 valence electrons. The van der Waals surface area contributed by atoms with E-state index in [1.807, 2.05) is 36.4 Å². The number of allylic oxidation sites excluding steroid dienone is 1. The Morgan fingerprint density at radius 2 is 2.16 bits per heavy atom. The fourth-order valence-corrected chi connectivity index (χ4v) is 2.56. The van der Waals surface area contributed by atoms with Crippen LogP contribution in [0.15, 0.2) is 36.5 Å². The van der Waals surface area contributed by atoms with Gasteiger partial charge in [0.05, 0.1) is 5.69 Å². The highest BCUT2D eigenvalue weighted by atomic mass is 35.5. The molecule has 19 heavy (non-hydrogen) atoms. The summed E-state index contributed by atoms with van der Waals surface area (Å²) in [6.45, 7) is 1.58. The number of hydrogen-bond donors (Lipinski definition) is 0. The van der Waals surface area contributed by atoms with Crippen LogP contribution in [-0.4, -0.2) is 10.8 Å². The Balaban J connectivity index is 2.30. The lowest BCUT2D eigenvalue weighted by molar-refractivity contribution is -0.111. The van der Waals surface area contributed by atoms with Crippen molar-refractivity contribution in [3.05, 3.63) is 63.9 Å². The van der Waals surface area contributed by atoms with Crippen LogP contribution in [0.1, 0.15) is 29.3 Å². The molecule has 0 amide bonds. The SMILES string of the molecule is CC(=O)C1=Cc2cccnc2Cc2ccc(Cl)cc21. The van der Waals surface area contributed by atoms with Crippen molar-refractivity contribution in [3.63, 3.8) is 0 Å². The minimum absolute atomic E-state index is 0.0419. The average Bonchev–Trinajstić information content (AvgIpc) is 2.55. The summed E-state index contributed by atoms with van der Waals surface area (Å²) in [7, 11) is 0. The molecule has 3 heteroatoms. The highest BCUT2D eigenvalue weighted by Gasteiger charge is 2.18. The van der Waals surface area contributed by atoms with Crippen molar-refractivity contribution in [1.29, 1.82) is 0 Å². The predicted octanol–water partition coefficient (Wildman–Crippen LogP) is 3.77. The first-order chi connectivity index (χ1) is 9.15. The topological polar surface area (TPSA) is 30.0 Å². The number of carbonyl (C=O) groups excluding carboxylic acids is 1. The van der Waals surface area contributed by atoms with E-state index in [-0.39, 0.29) is 5.78 Å². The van der Waals surface area contributed by atoms with Crippen molar-refractivity contribution in [2.45, 2.75) is 13.3 Å². The zero-order chi connectivity index (χ0) is 13.4. The molecule has 2 aromatic rings. The summed E-state index contributed by atoms with van der Waals surface area (Å²) in [4.78, 5) is 16.3. The molecule has 1 aromatic carbocycles. The van der Waals surface area contributed by atoms with Gasteiger partial charge in [0.2, 0.25) is 0 Å². The Kier molecular flexibility index (Phi) is 2.96. The number of ketones is 1. The van der Waals surface area contributed by atoms with E-state index in [0.29, 0.717) is 10.6 Å². The maximum atomic E-state index is 11.9. The number of pyridine rings is 1. The average molecular weight is 270 g/mol. The second-order valence-corrected chi connectivity index (χ2v) is 5.07. The molecule has 2 nitrogen and oxygen atoms in total. The number of fused-ring (bicyclic) bond motifs is 2. The molecule has 0 saturated carbocycles. The normalized spacial score (nSPS) is 13.1. The second-order valence-electron chi connectivity index (χ2n) is 4.63. The Morgan fingerprint density at radius 3 is 2.95 bits per heavy atom. The lowest BCUT2D eigenvalue weighted by atomic mass is 9.96. The first-order valence-electron chi connectivity index (χ1n) is 6.10. The van der Waals surface area contributed by atoms with E-state index in [1.165, 1.54) is 0 Å². The van der Waals surface area contributed by atoms with Gasteiger partial charge in [-0.25, -0.2) is 0 Å². The van der Waals surface area contributed by atoms with Crippen LogP contribution in [0.4, 0.5) is 0 Å². The van der Waals surface area contributed by atoms with Crippen LogP contribution in [0.5, 0.6) is 0 Å². The van der Waals surface area contributed by atoms with Gasteiger partial charge in [-0.15, -0.1) is 0 Å². The number of benzene rings is 1. The summed E-state index contributed by atoms with van der Waals surface area (Å²) < 4.78 is 0. The molecule has 1 aromatic heterocycles. The molecule has 0 radical (unpaired) electrons. The van der Waals surface area contributed by atoms with Gasteiger partial charge < -0.3 is 0 Å². The van der Waals surface area contributed by atoms with Crippen molar-refractivity contribution in [2.75, 3.05) is 0 Å². The Bertz CT molecular complexity index is 704. The first-order valence-corrected chi connectivity index (χ1v) is 6.48. The minimum atomic E-state index is 0.0419. The monoisotopic (exact) mass is 269 g/mol. The molecule has 0 N–H and O–H groups in total. The van der Waals surface area contributed by atoms with E-state index in [4.69, 9.17) is 11.6 Å². The fraction of sp³-hybridized carbons (Fsp3) is 0.125. The van der Waals surface area contributed by atoms with Crippen LogP contribution in [0.25, 0.3) is 11.6 Å². The Hall–Kier alpha value is -1.93. The van der Waals surface area contributed by atoms with E-state index in [0.717, 1.165) is 28.8 Å². The van der Waals surface area contributed by atoms with Gasteiger partial charge in [0.15, 0.2) is 5.78 Å². The third kappa shape index (κ3) is 2.20. The van der Waals surface area contributed by atoms with Gasteiger partial charge in [0.1, 0.15) is 0 Å². The summed E-state index contributed by atoms with van der Waals surface area (Å²) in [5.74, 6) is 0.0419. The number of halogens is 1. The standard InChI is InChI=1S/C16H12ClNO/c1-10(19)14-7-12-3-2-6-18-16(12)8-11-4-5-13(17)9-15(11)14/h2-7,9H,8H2,1H3. The fourth-order valence-electron chi connectivity index (χ4n) is 2.39. The zero-order valence-electron chi connectivity index (χ0n) is 10.5. The molecule has 1 aliphatic carbocycles. The summed E-state index contributed by atoms with van der Waals surface area (Å²) in [6.07, 6.45) is 4.41. The van der Waals surface area contributed by atoms with Crippen molar-refractivity contribution >= 4 is 29.0 Å². The van der Waals surface area contributed by atoms with Crippen LogP contribution >= 0.6 is 11.6 Å². The third-order valence-corrected chi connectivity index (χ3v) is 3.56. The van der Waals surface area contributed by atoms with Crippen molar-refractivity contribution < 1.29 is 4.79 Å². The number of nitrogens with zero attached hydrogens (tertiary/aromatic N) is 1. The van der Waals surface area contributed by atoms with E-state index in [9.17, 15) is 4.79 Å². The zero-order valence-corrected chi connectivity index (χ0v) is 11.2. The number of carbonyl (C=O) groups is 1. The molecule has 1 aliphatic rings. The molecule has 0 unspecified atom stereocenters. The van der Waals surface area contributed by atoms with Crippen molar-refractivity contribution in [1.82, 2.24) is 4.98 Å². The van der Waals surface area contributed by atoms with Gasteiger partial charge in [-0.1, -0.05) is 23.7 Å². The summed E-state index contributed by atoms with van der Waals surface area (Å²) in [6, 6.07) is 9.55. The molecular formula is C16H12ClNO. The first kappa shape index (κ1) is 12.1. The van der Waals surface area contributed by atoms with Crippen LogP contribution < -0.4 is 0 Å². The maximum absolute atomic E-state index is 11.9. The van der Waals surface area contributed by atoms with Crippen LogP contribution in [0.2, 0.25) is 5.02 Å². The van der Waals surface area contributed by atoms with Crippen LogP contribution in [0.3, 0.4) is 0 Å². The molecule has 0 spiro atoms. The molecular weight excluding hydrogens is 258 g/mol. The van der Waals surface area contributed by atoms with E-state index in [1.54, 1.807) is 13.1 Å². The Morgan fingerprint density at radius 1 is 1.32 bits per heavy atom. The summed E-state index contributed by atoms with van der Waals surface area (Å²) >= 11 is 6.06. The van der Waals surface area contributed by atoms with E-state index in [2.05, 4.69) is 4.98 Å². The lowest BCUT2D eigenvalue weighted by Gasteiger charge is -2.08. The largest absolute Gasteiger partial charge is 0.294 e. The molecule has 0 bridgehead atoms. The van der Waals surface area contributed by atoms with E-state index >= 15 is 0 Å². The molecule has 0 saturated heterocycles. The quantitative estimate of drug-likeness (QED) is 0.789. The van der Waals surface area contributed by atoms with Crippen LogP contribution in [-0.2, 0) is 11.2 Å². The molecule has 3 rings (SSSR count). The van der Waals surface area contributed by atoms with Gasteiger partial charge in [0, 0.05) is 23.2 Å². The minimum Gasteiger partial charge on any atom is -0.294 e. The summed E-state index contributed by atoms with van der Waals surface area (Å²) in [5, 5.41) is 0.643. The molecule has 0 atom stereocenters. The summed E-state index contributed by atoms with van der Waals surface area (Å²) in [5.41, 5.74) is 4.69. The molecule has 0 aliphatic heterocycles. The van der Waals surface area contributed by atoms with Gasteiger partial charge in [-0.3, -0.25) is 9.78 Å².